The summed E-state index contributed by atoms with van der Waals surface area (Å²) in [6, 6.07) is 0. The second-order valence-electron chi connectivity index (χ2n) is 4.15. The van der Waals surface area contributed by atoms with Crippen molar-refractivity contribution in [3.8, 4) is 0 Å². The number of hydrogen-bond acceptors (Lipinski definition) is 3. The van der Waals surface area contributed by atoms with E-state index in [0.29, 0.717) is 6.54 Å². The van der Waals surface area contributed by atoms with E-state index in [-0.39, 0.29) is 24.7 Å². The van der Waals surface area contributed by atoms with E-state index in [0.717, 1.165) is 19.4 Å². The Kier molecular flexibility index (Phi) is 5.65. The molecule has 1 fully saturated rings. The molecule has 1 unspecified atom stereocenters. The van der Waals surface area contributed by atoms with Gasteiger partial charge in [-0.2, -0.15) is 0 Å². The van der Waals surface area contributed by atoms with Crippen LogP contribution in [0.1, 0.15) is 33.1 Å². The standard InChI is InChI=1S/C11H21NO3/c1-9(2)15-8-11(13)12-7-10-5-3-4-6-14-10/h9-10H,3-8H2,1-2H3,(H,12,13). The predicted molar refractivity (Wildman–Crippen MR) is 57.7 cm³/mol. The topological polar surface area (TPSA) is 47.6 Å². The van der Waals surface area contributed by atoms with E-state index in [1.807, 2.05) is 13.8 Å². The molecule has 88 valence electrons. The van der Waals surface area contributed by atoms with Crippen molar-refractivity contribution in [2.75, 3.05) is 19.8 Å². The first-order chi connectivity index (χ1) is 7.18. The van der Waals surface area contributed by atoms with Crippen LogP contribution in [-0.4, -0.2) is 37.9 Å². The van der Waals surface area contributed by atoms with Crippen LogP contribution in [0.5, 0.6) is 0 Å². The van der Waals surface area contributed by atoms with E-state index in [9.17, 15) is 4.79 Å². The number of carbonyl (C=O) groups excluding carboxylic acids is 1. The zero-order valence-corrected chi connectivity index (χ0v) is 9.62. The monoisotopic (exact) mass is 215 g/mol. The number of hydrogen-bond donors (Lipinski definition) is 1. The maximum atomic E-state index is 11.3. The Morgan fingerprint density at radius 1 is 1.53 bits per heavy atom. The summed E-state index contributed by atoms with van der Waals surface area (Å²) in [5.74, 6) is -0.0575. The van der Waals surface area contributed by atoms with Crippen molar-refractivity contribution in [3.05, 3.63) is 0 Å². The smallest absolute Gasteiger partial charge is 0.246 e. The fraction of sp³-hybridized carbons (Fsp3) is 0.909. The van der Waals surface area contributed by atoms with E-state index in [1.165, 1.54) is 6.42 Å². The van der Waals surface area contributed by atoms with E-state index in [2.05, 4.69) is 5.32 Å². The molecule has 1 N–H and O–H groups in total. The summed E-state index contributed by atoms with van der Waals surface area (Å²) < 4.78 is 10.7. The average molecular weight is 215 g/mol. The maximum Gasteiger partial charge on any atom is 0.246 e. The molecular formula is C11H21NO3. The molecule has 0 bridgehead atoms. The van der Waals surface area contributed by atoms with Crippen molar-refractivity contribution >= 4 is 5.91 Å². The second kappa shape index (κ2) is 6.80. The first-order valence-electron chi connectivity index (χ1n) is 5.68. The molecule has 1 aliphatic heterocycles. The highest BCUT2D eigenvalue weighted by Gasteiger charge is 2.14. The highest BCUT2D eigenvalue weighted by Crippen LogP contribution is 2.11. The Hall–Kier alpha value is -0.610. The molecule has 15 heavy (non-hydrogen) atoms. The minimum Gasteiger partial charge on any atom is -0.376 e. The lowest BCUT2D eigenvalue weighted by atomic mass is 10.1. The Labute approximate surface area is 91.3 Å². The van der Waals surface area contributed by atoms with Crippen LogP contribution >= 0.6 is 0 Å². The summed E-state index contributed by atoms with van der Waals surface area (Å²) in [5.41, 5.74) is 0. The van der Waals surface area contributed by atoms with Gasteiger partial charge in [0.25, 0.3) is 0 Å². The first-order valence-corrected chi connectivity index (χ1v) is 5.68. The molecular weight excluding hydrogens is 194 g/mol. The van der Waals surface area contributed by atoms with Crippen molar-refractivity contribution in [3.63, 3.8) is 0 Å². The molecule has 0 aromatic heterocycles. The molecule has 0 aliphatic carbocycles. The van der Waals surface area contributed by atoms with Gasteiger partial charge in [0.05, 0.1) is 12.2 Å². The Bertz CT molecular complexity index is 188. The molecule has 1 heterocycles. The van der Waals surface area contributed by atoms with Gasteiger partial charge in [0.15, 0.2) is 0 Å². The highest BCUT2D eigenvalue weighted by molar-refractivity contribution is 5.77. The molecule has 1 saturated heterocycles. The molecule has 4 nitrogen and oxygen atoms in total. The van der Waals surface area contributed by atoms with Crippen molar-refractivity contribution in [1.82, 2.24) is 5.32 Å². The molecule has 1 aliphatic rings. The lowest BCUT2D eigenvalue weighted by molar-refractivity contribution is -0.128. The van der Waals surface area contributed by atoms with Crippen LogP contribution in [0, 0.1) is 0 Å². The van der Waals surface area contributed by atoms with Crippen LogP contribution in [0.2, 0.25) is 0 Å². The van der Waals surface area contributed by atoms with Crippen molar-refractivity contribution in [1.29, 1.82) is 0 Å². The third kappa shape index (κ3) is 5.74. The molecule has 1 amide bonds. The zero-order chi connectivity index (χ0) is 11.1. The van der Waals surface area contributed by atoms with Crippen molar-refractivity contribution < 1.29 is 14.3 Å². The summed E-state index contributed by atoms with van der Waals surface area (Å²) in [5, 5.41) is 2.82. The van der Waals surface area contributed by atoms with Crippen LogP contribution in [-0.2, 0) is 14.3 Å². The fourth-order valence-corrected chi connectivity index (χ4v) is 1.49. The van der Waals surface area contributed by atoms with Crippen LogP contribution in [0.3, 0.4) is 0 Å². The van der Waals surface area contributed by atoms with Crippen LogP contribution in [0.4, 0.5) is 0 Å². The van der Waals surface area contributed by atoms with Crippen LogP contribution in [0.25, 0.3) is 0 Å². The van der Waals surface area contributed by atoms with Gasteiger partial charge in [0, 0.05) is 13.2 Å². The summed E-state index contributed by atoms with van der Waals surface area (Å²) in [7, 11) is 0. The quantitative estimate of drug-likeness (QED) is 0.747. The molecule has 1 rings (SSSR count). The normalized spacial score (nSPS) is 21.7. The molecule has 0 aromatic carbocycles. The molecule has 1 atom stereocenters. The lowest BCUT2D eigenvalue weighted by Crippen LogP contribution is -2.37. The summed E-state index contributed by atoms with van der Waals surface area (Å²) >= 11 is 0. The average Bonchev–Trinajstić information content (AvgIpc) is 2.25. The zero-order valence-electron chi connectivity index (χ0n) is 9.62. The van der Waals surface area contributed by atoms with Gasteiger partial charge in [-0.05, 0) is 33.1 Å². The van der Waals surface area contributed by atoms with Gasteiger partial charge in [-0.1, -0.05) is 0 Å². The molecule has 0 spiro atoms. The summed E-state index contributed by atoms with van der Waals surface area (Å²) in [6.07, 6.45) is 3.68. The van der Waals surface area contributed by atoms with E-state index in [1.54, 1.807) is 0 Å². The molecule has 0 radical (unpaired) electrons. The van der Waals surface area contributed by atoms with Gasteiger partial charge in [-0.25, -0.2) is 0 Å². The van der Waals surface area contributed by atoms with Crippen molar-refractivity contribution in [2.45, 2.75) is 45.3 Å². The fourth-order valence-electron chi connectivity index (χ4n) is 1.49. The first kappa shape index (κ1) is 12.5. The van der Waals surface area contributed by atoms with Crippen molar-refractivity contribution in [2.24, 2.45) is 0 Å². The summed E-state index contributed by atoms with van der Waals surface area (Å²) in [4.78, 5) is 11.3. The van der Waals surface area contributed by atoms with Gasteiger partial charge in [0.2, 0.25) is 5.91 Å². The SMILES string of the molecule is CC(C)OCC(=O)NCC1CCCCO1. The van der Waals surface area contributed by atoms with Gasteiger partial charge < -0.3 is 14.8 Å². The minimum atomic E-state index is -0.0575. The molecule has 0 aromatic rings. The lowest BCUT2D eigenvalue weighted by Gasteiger charge is -2.22. The Morgan fingerprint density at radius 3 is 2.93 bits per heavy atom. The van der Waals surface area contributed by atoms with E-state index >= 15 is 0 Å². The highest BCUT2D eigenvalue weighted by atomic mass is 16.5. The van der Waals surface area contributed by atoms with Gasteiger partial charge in [-0.3, -0.25) is 4.79 Å². The molecule has 0 saturated carbocycles. The Morgan fingerprint density at radius 2 is 2.33 bits per heavy atom. The maximum absolute atomic E-state index is 11.3. The number of nitrogens with one attached hydrogen (secondary N) is 1. The van der Waals surface area contributed by atoms with Crippen LogP contribution in [0.15, 0.2) is 0 Å². The number of ether oxygens (including phenoxy) is 2. The van der Waals surface area contributed by atoms with Gasteiger partial charge in [-0.15, -0.1) is 0 Å². The van der Waals surface area contributed by atoms with Gasteiger partial charge in [0.1, 0.15) is 6.61 Å². The molecule has 4 heteroatoms. The largest absolute Gasteiger partial charge is 0.376 e. The van der Waals surface area contributed by atoms with Gasteiger partial charge >= 0.3 is 0 Å². The van der Waals surface area contributed by atoms with E-state index in [4.69, 9.17) is 9.47 Å². The second-order valence-corrected chi connectivity index (χ2v) is 4.15. The summed E-state index contributed by atoms with van der Waals surface area (Å²) in [6.45, 7) is 5.41. The number of rotatable bonds is 5. The minimum absolute atomic E-state index is 0.0575. The Balaban J connectivity index is 2.05. The number of amides is 1. The third-order valence-electron chi connectivity index (χ3n) is 2.35. The predicted octanol–water partition coefficient (Wildman–Crippen LogP) is 1.10. The van der Waals surface area contributed by atoms with E-state index < -0.39 is 0 Å². The third-order valence-corrected chi connectivity index (χ3v) is 2.35. The van der Waals surface area contributed by atoms with Crippen LogP contribution < -0.4 is 5.32 Å². The number of carbonyl (C=O) groups is 1.